The summed E-state index contributed by atoms with van der Waals surface area (Å²) in [5.74, 6) is 0.928. The van der Waals surface area contributed by atoms with Crippen molar-refractivity contribution in [2.75, 3.05) is 13.6 Å². The van der Waals surface area contributed by atoms with E-state index in [1.807, 2.05) is 14.0 Å². The van der Waals surface area contributed by atoms with Crippen LogP contribution in [0, 0.1) is 5.92 Å². The van der Waals surface area contributed by atoms with Crippen LogP contribution in [0.1, 0.15) is 38.8 Å². The van der Waals surface area contributed by atoms with Gasteiger partial charge < -0.3 is 10.2 Å². The van der Waals surface area contributed by atoms with E-state index in [9.17, 15) is 10.2 Å². The van der Waals surface area contributed by atoms with Gasteiger partial charge in [0, 0.05) is 12.6 Å². The van der Waals surface area contributed by atoms with Crippen molar-refractivity contribution in [1.29, 1.82) is 0 Å². The van der Waals surface area contributed by atoms with Gasteiger partial charge in [-0.3, -0.25) is 4.90 Å². The van der Waals surface area contributed by atoms with Gasteiger partial charge in [0.05, 0.1) is 5.56 Å². The van der Waals surface area contributed by atoms with E-state index in [-0.39, 0.29) is 17.5 Å². The van der Waals surface area contributed by atoms with Crippen LogP contribution in [0.4, 0.5) is 0 Å². The highest BCUT2D eigenvalue weighted by Crippen LogP contribution is 2.35. The number of phenols is 2. The maximum Gasteiger partial charge on any atom is 0.124 e. The predicted molar refractivity (Wildman–Crippen MR) is 70.3 cm³/mol. The van der Waals surface area contributed by atoms with Crippen molar-refractivity contribution in [3.63, 3.8) is 0 Å². The Morgan fingerprint density at radius 1 is 1.18 bits per heavy atom. The Labute approximate surface area is 104 Å². The minimum absolute atomic E-state index is 0.00481. The Morgan fingerprint density at radius 2 is 1.71 bits per heavy atom. The van der Waals surface area contributed by atoms with Gasteiger partial charge in [0.25, 0.3) is 0 Å². The monoisotopic (exact) mass is 237 g/mol. The van der Waals surface area contributed by atoms with Gasteiger partial charge in [-0.25, -0.2) is 0 Å². The molecule has 0 radical (unpaired) electrons. The van der Waals surface area contributed by atoms with Crippen molar-refractivity contribution in [2.24, 2.45) is 5.92 Å². The topological polar surface area (TPSA) is 43.7 Å². The fraction of sp³-hybridized carbons (Fsp3) is 0.571. The summed E-state index contributed by atoms with van der Waals surface area (Å²) in [6.07, 6.45) is 1.13. The van der Waals surface area contributed by atoms with Gasteiger partial charge in [0.2, 0.25) is 0 Å². The largest absolute Gasteiger partial charge is 0.507 e. The van der Waals surface area contributed by atoms with Crippen LogP contribution in [-0.4, -0.2) is 28.7 Å². The van der Waals surface area contributed by atoms with Gasteiger partial charge in [0.15, 0.2) is 0 Å². The molecule has 0 aliphatic rings. The molecule has 0 heterocycles. The number of nitrogens with zero attached hydrogens (tertiary/aromatic N) is 1. The zero-order valence-electron chi connectivity index (χ0n) is 11.1. The van der Waals surface area contributed by atoms with Gasteiger partial charge in [-0.1, -0.05) is 26.3 Å². The Morgan fingerprint density at radius 3 is 2.18 bits per heavy atom. The lowest BCUT2D eigenvalue weighted by Gasteiger charge is -2.28. The molecule has 96 valence electrons. The first kappa shape index (κ1) is 13.8. The number of rotatable bonds is 5. The Balaban J connectivity index is 2.85. The van der Waals surface area contributed by atoms with E-state index >= 15 is 0 Å². The fourth-order valence-corrected chi connectivity index (χ4v) is 1.97. The van der Waals surface area contributed by atoms with E-state index in [0.717, 1.165) is 13.0 Å². The number of hydrogen-bond donors (Lipinski definition) is 2. The van der Waals surface area contributed by atoms with Crippen molar-refractivity contribution in [2.45, 2.75) is 33.2 Å². The standard InChI is InChI=1S/C14H23NO2/c1-5-10(2)9-15(4)11(3)14-12(16)7-6-8-13(14)17/h6-8,10-11,16-17H,5,9H2,1-4H3. The van der Waals surface area contributed by atoms with Gasteiger partial charge in [-0.05, 0) is 32.0 Å². The van der Waals surface area contributed by atoms with Crippen LogP contribution >= 0.6 is 0 Å². The SMILES string of the molecule is CCC(C)CN(C)C(C)c1c(O)cccc1O. The quantitative estimate of drug-likeness (QED) is 0.827. The van der Waals surface area contributed by atoms with E-state index in [1.165, 1.54) is 0 Å². The minimum Gasteiger partial charge on any atom is -0.507 e. The molecule has 0 fully saturated rings. The summed E-state index contributed by atoms with van der Waals surface area (Å²) in [6.45, 7) is 7.32. The Bertz CT molecular complexity index is 345. The first-order valence-electron chi connectivity index (χ1n) is 6.18. The van der Waals surface area contributed by atoms with Gasteiger partial charge in [-0.15, -0.1) is 0 Å². The molecule has 0 aromatic heterocycles. The van der Waals surface area contributed by atoms with Gasteiger partial charge in [0.1, 0.15) is 11.5 Å². The predicted octanol–water partition coefficient (Wildman–Crippen LogP) is 3.14. The van der Waals surface area contributed by atoms with E-state index < -0.39 is 0 Å². The number of aromatic hydroxyl groups is 2. The first-order chi connectivity index (χ1) is 7.97. The average Bonchev–Trinajstić information content (AvgIpc) is 2.28. The Kier molecular flexibility index (Phi) is 4.82. The van der Waals surface area contributed by atoms with Crippen LogP contribution in [0.3, 0.4) is 0 Å². The van der Waals surface area contributed by atoms with Crippen LogP contribution in [0.15, 0.2) is 18.2 Å². The highest BCUT2D eigenvalue weighted by atomic mass is 16.3. The van der Waals surface area contributed by atoms with Crippen LogP contribution in [0.2, 0.25) is 0 Å². The summed E-state index contributed by atoms with van der Waals surface area (Å²) in [4.78, 5) is 2.16. The number of phenolic OH excluding ortho intramolecular Hbond substituents is 2. The summed E-state index contributed by atoms with van der Waals surface area (Å²) in [5.41, 5.74) is 0.610. The molecule has 0 bridgehead atoms. The zero-order chi connectivity index (χ0) is 13.0. The minimum atomic E-state index is 0.00481. The maximum atomic E-state index is 9.82. The van der Waals surface area contributed by atoms with Crippen LogP contribution in [-0.2, 0) is 0 Å². The second kappa shape index (κ2) is 5.92. The molecule has 0 spiro atoms. The Hall–Kier alpha value is -1.22. The summed E-state index contributed by atoms with van der Waals surface area (Å²) in [5, 5.41) is 19.6. The molecule has 0 aliphatic heterocycles. The summed E-state index contributed by atoms with van der Waals surface area (Å²) in [6, 6.07) is 4.88. The van der Waals surface area contributed by atoms with Crippen molar-refractivity contribution >= 4 is 0 Å². The van der Waals surface area contributed by atoms with Crippen molar-refractivity contribution in [3.05, 3.63) is 23.8 Å². The highest BCUT2D eigenvalue weighted by Gasteiger charge is 2.19. The smallest absolute Gasteiger partial charge is 0.124 e. The van der Waals surface area contributed by atoms with Crippen LogP contribution in [0.5, 0.6) is 11.5 Å². The van der Waals surface area contributed by atoms with E-state index in [2.05, 4.69) is 18.7 Å². The molecule has 0 amide bonds. The highest BCUT2D eigenvalue weighted by molar-refractivity contribution is 5.44. The van der Waals surface area contributed by atoms with Gasteiger partial charge in [-0.2, -0.15) is 0 Å². The summed E-state index contributed by atoms with van der Waals surface area (Å²) in [7, 11) is 2.02. The van der Waals surface area contributed by atoms with Gasteiger partial charge >= 0.3 is 0 Å². The second-order valence-electron chi connectivity index (χ2n) is 4.84. The van der Waals surface area contributed by atoms with E-state index in [0.29, 0.717) is 11.5 Å². The molecule has 2 unspecified atom stereocenters. The molecular formula is C14H23NO2. The zero-order valence-corrected chi connectivity index (χ0v) is 11.1. The van der Waals surface area contributed by atoms with Crippen LogP contribution in [0.25, 0.3) is 0 Å². The molecule has 1 rings (SSSR count). The van der Waals surface area contributed by atoms with Crippen molar-refractivity contribution in [1.82, 2.24) is 4.90 Å². The molecule has 0 saturated heterocycles. The fourth-order valence-electron chi connectivity index (χ4n) is 1.97. The van der Waals surface area contributed by atoms with E-state index in [4.69, 9.17) is 0 Å². The lowest BCUT2D eigenvalue weighted by Crippen LogP contribution is -2.27. The number of hydrogen-bond acceptors (Lipinski definition) is 3. The molecule has 1 aromatic rings. The molecule has 17 heavy (non-hydrogen) atoms. The third kappa shape index (κ3) is 3.37. The summed E-state index contributed by atoms with van der Waals surface area (Å²) >= 11 is 0. The lowest BCUT2D eigenvalue weighted by atomic mass is 10.0. The maximum absolute atomic E-state index is 9.82. The molecule has 2 atom stereocenters. The average molecular weight is 237 g/mol. The molecular weight excluding hydrogens is 214 g/mol. The molecule has 2 N–H and O–H groups in total. The third-order valence-corrected chi connectivity index (χ3v) is 3.44. The molecule has 0 saturated carbocycles. The second-order valence-corrected chi connectivity index (χ2v) is 4.84. The van der Waals surface area contributed by atoms with Crippen molar-refractivity contribution < 1.29 is 10.2 Å². The molecule has 0 aliphatic carbocycles. The molecule has 3 heteroatoms. The van der Waals surface area contributed by atoms with Crippen molar-refractivity contribution in [3.8, 4) is 11.5 Å². The van der Waals surface area contributed by atoms with Crippen LogP contribution < -0.4 is 0 Å². The molecule has 3 nitrogen and oxygen atoms in total. The lowest BCUT2D eigenvalue weighted by molar-refractivity contribution is 0.217. The number of benzene rings is 1. The van der Waals surface area contributed by atoms with E-state index in [1.54, 1.807) is 18.2 Å². The first-order valence-corrected chi connectivity index (χ1v) is 6.18. The summed E-state index contributed by atoms with van der Waals surface area (Å²) < 4.78 is 0. The normalized spacial score (nSPS) is 14.9. The molecule has 1 aromatic carbocycles. The third-order valence-electron chi connectivity index (χ3n) is 3.44.